The Balaban J connectivity index is 2.64. The summed E-state index contributed by atoms with van der Waals surface area (Å²) < 4.78 is 14.0. The van der Waals surface area contributed by atoms with E-state index in [1.807, 2.05) is 19.9 Å². The van der Waals surface area contributed by atoms with Crippen LogP contribution in [0.25, 0.3) is 17.0 Å². The number of allylic oxidation sites excluding steroid dienone is 2. The van der Waals surface area contributed by atoms with Crippen molar-refractivity contribution >= 4 is 5.70 Å². The molecule has 2 rings (SSSR count). The molecule has 0 bridgehead atoms. The minimum atomic E-state index is -0.306. The zero-order chi connectivity index (χ0) is 14.0. The number of halogens is 1. The highest BCUT2D eigenvalue weighted by Gasteiger charge is 2.17. The van der Waals surface area contributed by atoms with Crippen LogP contribution >= 0.6 is 0 Å². The minimum Gasteiger partial charge on any atom is -0.398 e. The third-order valence-corrected chi connectivity index (χ3v) is 2.91. The zero-order valence-electron chi connectivity index (χ0n) is 11.0. The largest absolute Gasteiger partial charge is 0.398 e. The van der Waals surface area contributed by atoms with Crippen molar-refractivity contribution in [3.63, 3.8) is 0 Å². The summed E-state index contributed by atoms with van der Waals surface area (Å²) in [5, 5.41) is 7.00. The third kappa shape index (κ3) is 2.42. The highest BCUT2D eigenvalue weighted by atomic mass is 19.1. The summed E-state index contributed by atoms with van der Waals surface area (Å²) >= 11 is 0. The van der Waals surface area contributed by atoms with Gasteiger partial charge in [-0.15, -0.1) is 0 Å². The molecule has 19 heavy (non-hydrogen) atoms. The van der Waals surface area contributed by atoms with Gasteiger partial charge < -0.3 is 5.73 Å². The first-order valence-corrected chi connectivity index (χ1v) is 5.94. The molecule has 0 saturated carbocycles. The smallest absolute Gasteiger partial charge is 0.132 e. The lowest BCUT2D eigenvalue weighted by molar-refractivity contribution is 0.629. The fraction of sp³-hybridized carbons (Fsp3) is 0.133. The molecule has 0 spiro atoms. The highest BCUT2D eigenvalue weighted by Crippen LogP contribution is 2.29. The molecule has 0 aliphatic heterocycles. The number of aromatic amines is 1. The average molecular weight is 257 g/mol. The van der Waals surface area contributed by atoms with Gasteiger partial charge in [0.1, 0.15) is 11.5 Å². The predicted molar refractivity (Wildman–Crippen MR) is 75.8 cm³/mol. The molecule has 0 amide bonds. The molecule has 0 fully saturated rings. The SMILES string of the molecule is C=C/C=C(/N)c1c(-c2ccc(C)cc2F)n[nH]c1C. The second-order valence-corrected chi connectivity index (χ2v) is 4.41. The highest BCUT2D eigenvalue weighted by molar-refractivity contribution is 5.79. The van der Waals surface area contributed by atoms with Crippen LogP contribution in [0.1, 0.15) is 16.8 Å². The van der Waals surface area contributed by atoms with Crippen LogP contribution in [0.3, 0.4) is 0 Å². The van der Waals surface area contributed by atoms with E-state index < -0.39 is 0 Å². The molecule has 1 aromatic heterocycles. The van der Waals surface area contributed by atoms with Gasteiger partial charge in [0, 0.05) is 22.5 Å². The molecule has 4 heteroatoms. The van der Waals surface area contributed by atoms with Gasteiger partial charge in [0.25, 0.3) is 0 Å². The van der Waals surface area contributed by atoms with E-state index in [2.05, 4.69) is 16.8 Å². The number of benzene rings is 1. The molecule has 0 unspecified atom stereocenters. The Morgan fingerprint density at radius 2 is 2.16 bits per heavy atom. The van der Waals surface area contributed by atoms with E-state index in [0.717, 1.165) is 11.3 Å². The topological polar surface area (TPSA) is 54.7 Å². The van der Waals surface area contributed by atoms with Gasteiger partial charge >= 0.3 is 0 Å². The lowest BCUT2D eigenvalue weighted by atomic mass is 10.0. The molecule has 0 saturated heterocycles. The zero-order valence-corrected chi connectivity index (χ0v) is 11.0. The molecule has 3 nitrogen and oxygen atoms in total. The minimum absolute atomic E-state index is 0.306. The summed E-state index contributed by atoms with van der Waals surface area (Å²) in [6.07, 6.45) is 3.27. The van der Waals surface area contributed by atoms with Crippen molar-refractivity contribution in [2.24, 2.45) is 5.73 Å². The van der Waals surface area contributed by atoms with Gasteiger partial charge in [0.2, 0.25) is 0 Å². The third-order valence-electron chi connectivity index (χ3n) is 2.91. The van der Waals surface area contributed by atoms with Crippen molar-refractivity contribution in [1.82, 2.24) is 10.2 Å². The Morgan fingerprint density at radius 1 is 1.42 bits per heavy atom. The second kappa shape index (κ2) is 5.10. The van der Waals surface area contributed by atoms with Crippen LogP contribution in [-0.4, -0.2) is 10.2 Å². The van der Waals surface area contributed by atoms with Crippen molar-refractivity contribution in [3.05, 3.63) is 59.6 Å². The van der Waals surface area contributed by atoms with E-state index in [9.17, 15) is 4.39 Å². The summed E-state index contributed by atoms with van der Waals surface area (Å²) in [7, 11) is 0. The summed E-state index contributed by atoms with van der Waals surface area (Å²) in [4.78, 5) is 0. The number of nitrogens with one attached hydrogen (secondary N) is 1. The van der Waals surface area contributed by atoms with Gasteiger partial charge in [-0.05, 0) is 37.6 Å². The first-order chi connectivity index (χ1) is 9.04. The summed E-state index contributed by atoms with van der Waals surface area (Å²) in [6, 6.07) is 5.04. The van der Waals surface area contributed by atoms with Crippen LogP contribution in [-0.2, 0) is 0 Å². The maximum atomic E-state index is 14.0. The van der Waals surface area contributed by atoms with Gasteiger partial charge in [-0.25, -0.2) is 4.39 Å². The maximum Gasteiger partial charge on any atom is 0.132 e. The lowest BCUT2D eigenvalue weighted by Gasteiger charge is -2.06. The second-order valence-electron chi connectivity index (χ2n) is 4.41. The molecule has 0 aliphatic carbocycles. The number of hydrogen-bond acceptors (Lipinski definition) is 2. The normalized spacial score (nSPS) is 11.6. The Kier molecular flexibility index (Phi) is 3.51. The number of aromatic nitrogens is 2. The molecule has 1 aromatic carbocycles. The Hall–Kier alpha value is -2.36. The molecule has 98 valence electrons. The number of hydrogen-bond donors (Lipinski definition) is 2. The molecule has 2 aromatic rings. The summed E-state index contributed by atoms with van der Waals surface area (Å²) in [5.74, 6) is -0.306. The van der Waals surface area contributed by atoms with Crippen LogP contribution in [0.2, 0.25) is 0 Å². The van der Waals surface area contributed by atoms with E-state index in [1.165, 1.54) is 6.07 Å². The summed E-state index contributed by atoms with van der Waals surface area (Å²) in [5.41, 5.74) is 9.81. The van der Waals surface area contributed by atoms with Crippen molar-refractivity contribution in [3.8, 4) is 11.3 Å². The molecule has 3 N–H and O–H groups in total. The Bertz CT molecular complexity index is 653. The monoisotopic (exact) mass is 257 g/mol. The van der Waals surface area contributed by atoms with E-state index in [4.69, 9.17) is 5.73 Å². The van der Waals surface area contributed by atoms with Crippen LogP contribution < -0.4 is 5.73 Å². The maximum absolute atomic E-state index is 14.0. The van der Waals surface area contributed by atoms with E-state index in [0.29, 0.717) is 22.5 Å². The Morgan fingerprint density at radius 3 is 2.79 bits per heavy atom. The van der Waals surface area contributed by atoms with Crippen molar-refractivity contribution in [2.45, 2.75) is 13.8 Å². The first-order valence-electron chi connectivity index (χ1n) is 5.94. The van der Waals surface area contributed by atoms with Gasteiger partial charge in [0.15, 0.2) is 0 Å². The number of rotatable bonds is 3. The molecule has 0 atom stereocenters. The number of nitrogens with zero attached hydrogens (tertiary/aromatic N) is 1. The number of aryl methyl sites for hydroxylation is 2. The molecule has 0 aliphatic rings. The van der Waals surface area contributed by atoms with Crippen molar-refractivity contribution in [2.75, 3.05) is 0 Å². The van der Waals surface area contributed by atoms with Crippen LogP contribution in [0.4, 0.5) is 4.39 Å². The van der Waals surface area contributed by atoms with Gasteiger partial charge in [-0.1, -0.05) is 18.7 Å². The quantitative estimate of drug-likeness (QED) is 0.829. The van der Waals surface area contributed by atoms with E-state index in [-0.39, 0.29) is 5.82 Å². The lowest BCUT2D eigenvalue weighted by Crippen LogP contribution is -1.99. The van der Waals surface area contributed by atoms with Crippen LogP contribution in [0.5, 0.6) is 0 Å². The van der Waals surface area contributed by atoms with Gasteiger partial charge in [-0.2, -0.15) is 5.10 Å². The molecule has 0 radical (unpaired) electrons. The van der Waals surface area contributed by atoms with Crippen molar-refractivity contribution < 1.29 is 4.39 Å². The first kappa shape index (κ1) is 13.1. The molecular weight excluding hydrogens is 241 g/mol. The van der Waals surface area contributed by atoms with E-state index >= 15 is 0 Å². The average Bonchev–Trinajstić information content (AvgIpc) is 2.71. The predicted octanol–water partition coefficient (Wildman–Crippen LogP) is 3.32. The van der Waals surface area contributed by atoms with Crippen molar-refractivity contribution in [1.29, 1.82) is 0 Å². The van der Waals surface area contributed by atoms with E-state index in [1.54, 1.807) is 18.2 Å². The standard InChI is InChI=1S/C15H16FN3/c1-4-5-13(17)14-10(3)18-19-15(14)11-7-6-9(2)8-12(11)16/h4-8H,1,17H2,2-3H3,(H,18,19)/b13-5+. The fourth-order valence-corrected chi connectivity index (χ4v) is 2.00. The number of H-pyrrole nitrogens is 1. The summed E-state index contributed by atoms with van der Waals surface area (Å²) in [6.45, 7) is 7.30. The molecule has 1 heterocycles. The van der Waals surface area contributed by atoms with Crippen LogP contribution in [0.15, 0.2) is 36.9 Å². The van der Waals surface area contributed by atoms with Gasteiger partial charge in [0.05, 0.1) is 0 Å². The number of nitrogens with two attached hydrogens (primary N) is 1. The Labute approximate surface area is 111 Å². The van der Waals surface area contributed by atoms with Crippen LogP contribution in [0, 0.1) is 19.7 Å². The molecular formula is C15H16FN3. The van der Waals surface area contributed by atoms with Gasteiger partial charge in [-0.3, -0.25) is 5.10 Å². The fourth-order valence-electron chi connectivity index (χ4n) is 2.00.